The van der Waals surface area contributed by atoms with Gasteiger partial charge in [-0.2, -0.15) is 0 Å². The molecular formula is C13H20FNO. The van der Waals surface area contributed by atoms with Gasteiger partial charge in [0.05, 0.1) is 6.10 Å². The van der Waals surface area contributed by atoms with Crippen LogP contribution < -0.4 is 10.5 Å². The summed E-state index contributed by atoms with van der Waals surface area (Å²) in [5.41, 5.74) is 6.68. The number of rotatable bonds is 5. The first kappa shape index (κ1) is 13.0. The third kappa shape index (κ3) is 3.20. The highest BCUT2D eigenvalue weighted by molar-refractivity contribution is 5.36. The maximum Gasteiger partial charge on any atom is 0.127 e. The molecule has 0 heterocycles. The van der Waals surface area contributed by atoms with Crippen LogP contribution in [0.3, 0.4) is 0 Å². The molecule has 1 rings (SSSR count). The van der Waals surface area contributed by atoms with E-state index in [1.807, 2.05) is 6.92 Å². The van der Waals surface area contributed by atoms with Crippen LogP contribution in [0.25, 0.3) is 0 Å². The van der Waals surface area contributed by atoms with E-state index in [2.05, 4.69) is 13.8 Å². The van der Waals surface area contributed by atoms with E-state index in [1.54, 1.807) is 6.07 Å². The van der Waals surface area contributed by atoms with E-state index >= 15 is 0 Å². The van der Waals surface area contributed by atoms with Crippen LogP contribution in [0, 0.1) is 5.82 Å². The van der Waals surface area contributed by atoms with E-state index in [0.29, 0.717) is 5.75 Å². The van der Waals surface area contributed by atoms with E-state index in [4.69, 9.17) is 10.5 Å². The van der Waals surface area contributed by atoms with E-state index in [0.717, 1.165) is 18.4 Å². The Morgan fingerprint density at radius 1 is 1.31 bits per heavy atom. The maximum atomic E-state index is 13.1. The second-order valence-electron chi connectivity index (χ2n) is 4.03. The first-order valence-electron chi connectivity index (χ1n) is 5.80. The van der Waals surface area contributed by atoms with Crippen molar-refractivity contribution in [3.8, 4) is 5.75 Å². The van der Waals surface area contributed by atoms with Gasteiger partial charge in [0.1, 0.15) is 11.6 Å². The number of ether oxygens (including phenoxy) is 1. The van der Waals surface area contributed by atoms with Crippen molar-refractivity contribution in [3.05, 3.63) is 29.6 Å². The van der Waals surface area contributed by atoms with Crippen molar-refractivity contribution < 1.29 is 9.13 Å². The summed E-state index contributed by atoms with van der Waals surface area (Å²) in [7, 11) is 0. The molecule has 16 heavy (non-hydrogen) atoms. The van der Waals surface area contributed by atoms with Gasteiger partial charge in [-0.05, 0) is 25.8 Å². The lowest BCUT2D eigenvalue weighted by atomic mass is 10.1. The zero-order chi connectivity index (χ0) is 12.1. The van der Waals surface area contributed by atoms with Crippen molar-refractivity contribution in [2.75, 3.05) is 0 Å². The predicted molar refractivity (Wildman–Crippen MR) is 64.0 cm³/mol. The molecule has 0 radical (unpaired) electrons. The Morgan fingerprint density at radius 3 is 2.44 bits per heavy atom. The number of hydrogen-bond acceptors (Lipinski definition) is 2. The normalized spacial score (nSPS) is 12.9. The fourth-order valence-electron chi connectivity index (χ4n) is 1.62. The van der Waals surface area contributed by atoms with Gasteiger partial charge in [-0.25, -0.2) is 4.39 Å². The van der Waals surface area contributed by atoms with Crippen LogP contribution in [0.4, 0.5) is 4.39 Å². The summed E-state index contributed by atoms with van der Waals surface area (Å²) in [4.78, 5) is 0. The third-order valence-corrected chi connectivity index (χ3v) is 2.67. The van der Waals surface area contributed by atoms with E-state index in [-0.39, 0.29) is 18.0 Å². The molecule has 1 aromatic rings. The molecule has 90 valence electrons. The average Bonchev–Trinajstić information content (AvgIpc) is 2.25. The van der Waals surface area contributed by atoms with Crippen molar-refractivity contribution in [2.45, 2.75) is 45.8 Å². The van der Waals surface area contributed by atoms with Crippen LogP contribution in [0.2, 0.25) is 0 Å². The molecule has 0 amide bonds. The quantitative estimate of drug-likeness (QED) is 0.833. The highest BCUT2D eigenvalue weighted by Gasteiger charge is 2.13. The standard InChI is InChI=1S/C13H20FNO/c1-4-11(5-2)16-13-8-10(14)6-7-12(13)9(3)15/h6-9,11H,4-5,15H2,1-3H3/t9-/m1/s1. The first-order chi connectivity index (χ1) is 7.58. The highest BCUT2D eigenvalue weighted by atomic mass is 19.1. The minimum absolute atomic E-state index is 0.124. The molecule has 0 saturated carbocycles. The van der Waals surface area contributed by atoms with Crippen LogP contribution in [0.15, 0.2) is 18.2 Å². The lowest BCUT2D eigenvalue weighted by Crippen LogP contribution is -2.16. The Balaban J connectivity index is 2.95. The Labute approximate surface area is 96.6 Å². The molecule has 2 nitrogen and oxygen atoms in total. The summed E-state index contributed by atoms with van der Waals surface area (Å²) in [6.07, 6.45) is 1.94. The summed E-state index contributed by atoms with van der Waals surface area (Å²) < 4.78 is 18.9. The van der Waals surface area contributed by atoms with Crippen LogP contribution in [0.5, 0.6) is 5.75 Å². The van der Waals surface area contributed by atoms with Crippen LogP contribution in [-0.2, 0) is 0 Å². The summed E-state index contributed by atoms with van der Waals surface area (Å²) in [6, 6.07) is 4.37. The van der Waals surface area contributed by atoms with E-state index in [1.165, 1.54) is 12.1 Å². The molecule has 2 N–H and O–H groups in total. The molecule has 0 aromatic heterocycles. The van der Waals surface area contributed by atoms with Gasteiger partial charge in [-0.15, -0.1) is 0 Å². The van der Waals surface area contributed by atoms with Crippen LogP contribution in [-0.4, -0.2) is 6.10 Å². The van der Waals surface area contributed by atoms with Crippen molar-refractivity contribution in [1.82, 2.24) is 0 Å². The second kappa shape index (κ2) is 5.85. The van der Waals surface area contributed by atoms with Crippen molar-refractivity contribution in [1.29, 1.82) is 0 Å². The topological polar surface area (TPSA) is 35.2 Å². The van der Waals surface area contributed by atoms with Crippen LogP contribution >= 0.6 is 0 Å². The first-order valence-corrected chi connectivity index (χ1v) is 5.80. The SMILES string of the molecule is CCC(CC)Oc1cc(F)ccc1[C@@H](C)N. The van der Waals surface area contributed by atoms with Gasteiger partial charge in [0.15, 0.2) is 0 Å². The zero-order valence-corrected chi connectivity index (χ0v) is 10.2. The highest BCUT2D eigenvalue weighted by Crippen LogP contribution is 2.26. The van der Waals surface area contributed by atoms with Crippen molar-refractivity contribution >= 4 is 0 Å². The predicted octanol–water partition coefficient (Wildman–Crippen LogP) is 3.41. The van der Waals surface area contributed by atoms with Crippen molar-refractivity contribution in [2.24, 2.45) is 5.73 Å². The molecular weight excluding hydrogens is 205 g/mol. The van der Waals surface area contributed by atoms with Gasteiger partial charge < -0.3 is 10.5 Å². The maximum absolute atomic E-state index is 13.1. The van der Waals surface area contributed by atoms with Gasteiger partial charge in [0.25, 0.3) is 0 Å². The number of nitrogens with two attached hydrogens (primary N) is 1. The number of benzene rings is 1. The fourth-order valence-corrected chi connectivity index (χ4v) is 1.62. The summed E-state index contributed by atoms with van der Waals surface area (Å²) >= 11 is 0. The molecule has 0 unspecified atom stereocenters. The third-order valence-electron chi connectivity index (χ3n) is 2.67. The van der Waals surface area contributed by atoms with Gasteiger partial charge in [0, 0.05) is 17.7 Å². The molecule has 1 aromatic carbocycles. The molecule has 3 heteroatoms. The largest absolute Gasteiger partial charge is 0.490 e. The summed E-state index contributed by atoms with van der Waals surface area (Å²) in [5, 5.41) is 0. The Morgan fingerprint density at radius 2 is 1.94 bits per heavy atom. The summed E-state index contributed by atoms with van der Waals surface area (Å²) in [6.45, 7) is 5.98. The monoisotopic (exact) mass is 225 g/mol. The summed E-state index contributed by atoms with van der Waals surface area (Å²) in [5.74, 6) is 0.286. The smallest absolute Gasteiger partial charge is 0.127 e. The van der Waals surface area contributed by atoms with E-state index < -0.39 is 0 Å². The number of hydrogen-bond donors (Lipinski definition) is 1. The molecule has 0 bridgehead atoms. The fraction of sp³-hybridized carbons (Fsp3) is 0.538. The van der Waals surface area contributed by atoms with Crippen LogP contribution in [0.1, 0.15) is 45.2 Å². The van der Waals surface area contributed by atoms with Gasteiger partial charge in [0.2, 0.25) is 0 Å². The molecule has 1 atom stereocenters. The van der Waals surface area contributed by atoms with Crippen molar-refractivity contribution in [3.63, 3.8) is 0 Å². The van der Waals surface area contributed by atoms with E-state index in [9.17, 15) is 4.39 Å². The van der Waals surface area contributed by atoms with Gasteiger partial charge in [-0.1, -0.05) is 19.9 Å². The van der Waals surface area contributed by atoms with Gasteiger partial charge in [-0.3, -0.25) is 0 Å². The Kier molecular flexibility index (Phi) is 4.74. The average molecular weight is 225 g/mol. The molecule has 0 aliphatic heterocycles. The Bertz CT molecular complexity index is 335. The minimum atomic E-state index is -0.287. The minimum Gasteiger partial charge on any atom is -0.490 e. The molecule has 0 aliphatic rings. The molecule has 0 spiro atoms. The second-order valence-corrected chi connectivity index (χ2v) is 4.03. The van der Waals surface area contributed by atoms with Gasteiger partial charge >= 0.3 is 0 Å². The number of halogens is 1. The lowest BCUT2D eigenvalue weighted by molar-refractivity contribution is 0.189. The Hall–Kier alpha value is -1.09. The molecule has 0 aliphatic carbocycles. The zero-order valence-electron chi connectivity index (χ0n) is 10.2. The molecule has 0 fully saturated rings. The molecule has 0 saturated heterocycles. The lowest BCUT2D eigenvalue weighted by Gasteiger charge is -2.19.